The number of carbonyl (C=O) groups is 1. The fourth-order valence-corrected chi connectivity index (χ4v) is 1.54. The van der Waals surface area contributed by atoms with Gasteiger partial charge in [0.15, 0.2) is 0 Å². The number of aldehydes is 1. The summed E-state index contributed by atoms with van der Waals surface area (Å²) < 4.78 is 18.1. The van der Waals surface area contributed by atoms with Crippen molar-refractivity contribution in [3.8, 4) is 0 Å². The molecule has 0 spiro atoms. The molecule has 0 heterocycles. The second kappa shape index (κ2) is 5.83. The number of hydrogen-bond acceptors (Lipinski definition) is 2. The third-order valence-corrected chi connectivity index (χ3v) is 2.25. The van der Waals surface area contributed by atoms with E-state index in [0.29, 0.717) is 12.2 Å². The van der Waals surface area contributed by atoms with E-state index in [1.807, 2.05) is 6.92 Å². The van der Waals surface area contributed by atoms with Gasteiger partial charge >= 0.3 is 0 Å². The maximum absolute atomic E-state index is 12.7. The van der Waals surface area contributed by atoms with Gasteiger partial charge < -0.3 is 9.53 Å². The first-order chi connectivity index (χ1) is 7.19. The first-order valence-electron chi connectivity index (χ1n) is 4.61. The zero-order valence-corrected chi connectivity index (χ0v) is 9.05. The van der Waals surface area contributed by atoms with E-state index in [-0.39, 0.29) is 11.4 Å². The standard InChI is InChI=1S/C11H11ClFO2/c1-2-15-11(5-6-14)9-4-3-8(13)7-10(9)12/h4,6-7,11H,2,5H2,1H3. The van der Waals surface area contributed by atoms with Gasteiger partial charge in [-0.05, 0) is 19.1 Å². The summed E-state index contributed by atoms with van der Waals surface area (Å²) in [5.74, 6) is -0.523. The molecule has 4 heteroatoms. The highest BCUT2D eigenvalue weighted by atomic mass is 35.5. The zero-order chi connectivity index (χ0) is 11.3. The van der Waals surface area contributed by atoms with Crippen molar-refractivity contribution < 1.29 is 13.9 Å². The Bertz CT molecular complexity index is 341. The van der Waals surface area contributed by atoms with Crippen molar-refractivity contribution in [2.75, 3.05) is 6.61 Å². The van der Waals surface area contributed by atoms with E-state index in [1.54, 1.807) is 0 Å². The number of hydrogen-bond donors (Lipinski definition) is 0. The molecule has 1 aromatic carbocycles. The van der Waals surface area contributed by atoms with Crippen LogP contribution < -0.4 is 0 Å². The van der Waals surface area contributed by atoms with Crippen LogP contribution in [0.4, 0.5) is 4.39 Å². The van der Waals surface area contributed by atoms with Crippen molar-refractivity contribution in [3.05, 3.63) is 34.6 Å². The summed E-state index contributed by atoms with van der Waals surface area (Å²) in [7, 11) is 0. The van der Waals surface area contributed by atoms with E-state index in [0.717, 1.165) is 12.4 Å². The van der Waals surface area contributed by atoms with Crippen LogP contribution in [0.5, 0.6) is 0 Å². The first-order valence-corrected chi connectivity index (χ1v) is 4.98. The minimum absolute atomic E-state index is 0.201. The summed E-state index contributed by atoms with van der Waals surface area (Å²) in [6.07, 6.45) is 0.532. The molecule has 0 aliphatic rings. The first kappa shape index (κ1) is 12.1. The van der Waals surface area contributed by atoms with Gasteiger partial charge in [-0.15, -0.1) is 0 Å². The topological polar surface area (TPSA) is 26.3 Å². The molecule has 81 valence electrons. The predicted molar refractivity (Wildman–Crippen MR) is 55.3 cm³/mol. The summed E-state index contributed by atoms with van der Waals surface area (Å²) >= 11 is 5.84. The molecular weight excluding hydrogens is 219 g/mol. The molecule has 1 radical (unpaired) electrons. The molecular formula is C11H11ClFO2. The van der Waals surface area contributed by atoms with E-state index in [1.165, 1.54) is 6.07 Å². The average molecular weight is 230 g/mol. The Hall–Kier alpha value is -0.930. The van der Waals surface area contributed by atoms with Crippen LogP contribution in [-0.2, 0) is 9.53 Å². The summed E-state index contributed by atoms with van der Waals surface area (Å²) in [4.78, 5) is 10.4. The van der Waals surface area contributed by atoms with Crippen molar-refractivity contribution in [1.29, 1.82) is 0 Å². The van der Waals surface area contributed by atoms with Crippen molar-refractivity contribution in [2.24, 2.45) is 0 Å². The highest BCUT2D eigenvalue weighted by molar-refractivity contribution is 6.31. The van der Waals surface area contributed by atoms with Gasteiger partial charge in [0.1, 0.15) is 12.1 Å². The molecule has 15 heavy (non-hydrogen) atoms. The van der Waals surface area contributed by atoms with E-state index < -0.39 is 11.9 Å². The van der Waals surface area contributed by atoms with Gasteiger partial charge in [-0.25, -0.2) is 4.39 Å². The largest absolute Gasteiger partial charge is 0.373 e. The molecule has 0 bridgehead atoms. The quantitative estimate of drug-likeness (QED) is 0.726. The van der Waals surface area contributed by atoms with Gasteiger partial charge in [0.25, 0.3) is 0 Å². The van der Waals surface area contributed by atoms with Crippen LogP contribution in [0.1, 0.15) is 25.0 Å². The molecule has 0 saturated heterocycles. The normalized spacial score (nSPS) is 12.5. The fourth-order valence-electron chi connectivity index (χ4n) is 1.27. The molecule has 2 nitrogen and oxygen atoms in total. The van der Waals surface area contributed by atoms with E-state index in [4.69, 9.17) is 16.3 Å². The highest BCUT2D eigenvalue weighted by Gasteiger charge is 2.14. The Morgan fingerprint density at radius 2 is 2.47 bits per heavy atom. The Kier molecular flexibility index (Phi) is 4.72. The Balaban J connectivity index is 2.94. The second-order valence-electron chi connectivity index (χ2n) is 2.93. The van der Waals surface area contributed by atoms with Crippen LogP contribution >= 0.6 is 11.6 Å². The molecule has 0 aliphatic carbocycles. The lowest BCUT2D eigenvalue weighted by molar-refractivity contribution is -0.110. The molecule has 0 N–H and O–H groups in total. The molecule has 0 amide bonds. The number of rotatable bonds is 5. The number of carbonyl (C=O) groups excluding carboxylic acids is 1. The molecule has 1 aromatic rings. The van der Waals surface area contributed by atoms with Crippen molar-refractivity contribution in [2.45, 2.75) is 19.4 Å². The molecule has 1 rings (SSSR count). The average Bonchev–Trinajstić information content (AvgIpc) is 2.17. The maximum atomic E-state index is 12.7. The van der Waals surface area contributed by atoms with Crippen LogP contribution in [-0.4, -0.2) is 12.9 Å². The molecule has 1 unspecified atom stereocenters. The van der Waals surface area contributed by atoms with Gasteiger partial charge in [0, 0.05) is 29.7 Å². The zero-order valence-electron chi connectivity index (χ0n) is 8.30. The summed E-state index contributed by atoms with van der Waals surface area (Å²) in [6.45, 7) is 2.28. The van der Waals surface area contributed by atoms with E-state index in [9.17, 15) is 9.18 Å². The smallest absolute Gasteiger partial charge is 0.132 e. The minimum atomic E-state index is -0.523. The third-order valence-electron chi connectivity index (χ3n) is 1.92. The molecule has 0 saturated carbocycles. The fraction of sp³-hybridized carbons (Fsp3) is 0.364. The number of benzene rings is 1. The van der Waals surface area contributed by atoms with Crippen LogP contribution in [0.15, 0.2) is 12.1 Å². The maximum Gasteiger partial charge on any atom is 0.132 e. The Labute approximate surface area is 93.0 Å². The predicted octanol–water partition coefficient (Wildman–Crippen LogP) is 2.95. The highest BCUT2D eigenvalue weighted by Crippen LogP contribution is 2.27. The van der Waals surface area contributed by atoms with Crippen molar-refractivity contribution in [1.82, 2.24) is 0 Å². The van der Waals surface area contributed by atoms with Crippen LogP contribution in [0.25, 0.3) is 0 Å². The molecule has 0 aromatic heterocycles. The Morgan fingerprint density at radius 1 is 1.73 bits per heavy atom. The molecule has 1 atom stereocenters. The second-order valence-corrected chi connectivity index (χ2v) is 3.34. The van der Waals surface area contributed by atoms with Crippen LogP contribution in [0.3, 0.4) is 0 Å². The van der Waals surface area contributed by atoms with Gasteiger partial charge in [0.2, 0.25) is 0 Å². The lowest BCUT2D eigenvalue weighted by atomic mass is 10.1. The summed E-state index contributed by atoms with van der Waals surface area (Å²) in [5.41, 5.74) is 0.590. The van der Waals surface area contributed by atoms with Crippen molar-refractivity contribution in [3.63, 3.8) is 0 Å². The number of ether oxygens (including phenoxy) is 1. The van der Waals surface area contributed by atoms with Gasteiger partial charge in [-0.2, -0.15) is 0 Å². The summed E-state index contributed by atoms with van der Waals surface area (Å²) in [5, 5.41) is 0.256. The van der Waals surface area contributed by atoms with E-state index >= 15 is 0 Å². The van der Waals surface area contributed by atoms with Crippen LogP contribution in [0, 0.1) is 11.9 Å². The summed E-state index contributed by atoms with van der Waals surface area (Å²) in [6, 6.07) is 4.97. The lowest BCUT2D eigenvalue weighted by Crippen LogP contribution is -2.06. The monoisotopic (exact) mass is 229 g/mol. The van der Waals surface area contributed by atoms with E-state index in [2.05, 4.69) is 6.07 Å². The van der Waals surface area contributed by atoms with Gasteiger partial charge in [0.05, 0.1) is 6.10 Å². The lowest BCUT2D eigenvalue weighted by Gasteiger charge is -2.15. The van der Waals surface area contributed by atoms with Gasteiger partial charge in [-0.3, -0.25) is 0 Å². The SMILES string of the molecule is CCOC(CC=O)c1c[c]c(F)cc1Cl. The molecule has 0 fully saturated rings. The third kappa shape index (κ3) is 3.29. The Morgan fingerprint density at radius 3 is 3.00 bits per heavy atom. The minimum Gasteiger partial charge on any atom is -0.373 e. The number of halogens is 2. The van der Waals surface area contributed by atoms with Gasteiger partial charge in [-0.1, -0.05) is 11.6 Å². The molecule has 0 aliphatic heterocycles. The van der Waals surface area contributed by atoms with Crippen LogP contribution in [0.2, 0.25) is 5.02 Å². The van der Waals surface area contributed by atoms with Crippen molar-refractivity contribution >= 4 is 17.9 Å².